The quantitative estimate of drug-likeness (QED) is 0.404. The zero-order chi connectivity index (χ0) is 17.9. The van der Waals surface area contributed by atoms with Gasteiger partial charge < -0.3 is 14.9 Å². The zero-order valence-electron chi connectivity index (χ0n) is 15.0. The summed E-state index contributed by atoms with van der Waals surface area (Å²) in [7, 11) is 0. The minimum atomic E-state index is -1.11. The van der Waals surface area contributed by atoms with E-state index in [0.29, 0.717) is 24.8 Å². The Morgan fingerprint density at radius 3 is 2.62 bits per heavy atom. The van der Waals surface area contributed by atoms with Gasteiger partial charge in [0, 0.05) is 11.5 Å². The lowest BCUT2D eigenvalue weighted by atomic mass is 9.78. The van der Waals surface area contributed by atoms with Crippen molar-refractivity contribution in [1.82, 2.24) is 0 Å². The van der Waals surface area contributed by atoms with Crippen molar-refractivity contribution in [3.05, 3.63) is 35.5 Å². The van der Waals surface area contributed by atoms with Crippen molar-refractivity contribution < 1.29 is 19.7 Å². The number of aliphatic hydroxyl groups is 2. The molecule has 0 spiro atoms. The number of hydrogen-bond acceptors (Lipinski definition) is 4. The van der Waals surface area contributed by atoms with Crippen molar-refractivity contribution in [2.24, 2.45) is 5.92 Å². The van der Waals surface area contributed by atoms with E-state index < -0.39 is 23.8 Å². The molecule has 4 heteroatoms. The number of carbonyl (C=O) groups excluding carboxylic acids is 1. The first kappa shape index (κ1) is 18.9. The van der Waals surface area contributed by atoms with E-state index in [-0.39, 0.29) is 5.92 Å². The Kier molecular flexibility index (Phi) is 6.05. The van der Waals surface area contributed by atoms with E-state index in [2.05, 4.69) is 25.7 Å². The van der Waals surface area contributed by atoms with Crippen LogP contribution in [0.1, 0.15) is 59.3 Å². The predicted molar refractivity (Wildman–Crippen MR) is 94.4 cm³/mol. The van der Waals surface area contributed by atoms with E-state index in [1.165, 1.54) is 5.57 Å². The normalized spacial score (nSPS) is 40.6. The number of esters is 1. The Balaban J connectivity index is 2.29. The summed E-state index contributed by atoms with van der Waals surface area (Å²) in [6.07, 6.45) is 7.11. The number of aliphatic hydroxyl groups excluding tert-OH is 1. The smallest absolute Gasteiger partial charge is 0.334 e. The van der Waals surface area contributed by atoms with Gasteiger partial charge in [-0.2, -0.15) is 0 Å². The predicted octanol–water partition coefficient (Wildman–Crippen LogP) is 3.44. The second-order valence-electron chi connectivity index (χ2n) is 7.57. The highest BCUT2D eigenvalue weighted by molar-refractivity contribution is 5.89. The van der Waals surface area contributed by atoms with Crippen molar-refractivity contribution in [3.8, 4) is 0 Å². The molecule has 1 saturated heterocycles. The standard InChI is InChI=1S/C20H30O4/c1-13-7-5-8-14(2)11-17(21)16-12-18(24-19(22)15(16)3)20(4,23)10-6-9-13/h8-9,16-18,21,23H,3,5-7,10-12H2,1-2,4H3/b13-9+,14-8+/t16?,17?,18?,20-/m0/s1. The third-order valence-corrected chi connectivity index (χ3v) is 5.29. The molecule has 0 aromatic rings. The van der Waals surface area contributed by atoms with Gasteiger partial charge in [-0.3, -0.25) is 0 Å². The Hall–Kier alpha value is -1.39. The number of allylic oxidation sites excluding steroid dienone is 3. The van der Waals surface area contributed by atoms with Gasteiger partial charge in [0.25, 0.3) is 0 Å². The molecule has 2 aliphatic rings. The molecule has 24 heavy (non-hydrogen) atoms. The fourth-order valence-corrected chi connectivity index (χ4v) is 3.52. The maximum absolute atomic E-state index is 12.1. The topological polar surface area (TPSA) is 66.8 Å². The average Bonchev–Trinajstić information content (AvgIpc) is 2.48. The van der Waals surface area contributed by atoms with Crippen LogP contribution < -0.4 is 0 Å². The molecule has 2 bridgehead atoms. The molecular weight excluding hydrogens is 304 g/mol. The third kappa shape index (κ3) is 4.58. The van der Waals surface area contributed by atoms with Crippen LogP contribution in [0.2, 0.25) is 0 Å². The molecule has 1 aliphatic carbocycles. The molecule has 2 rings (SSSR count). The highest BCUT2D eigenvalue weighted by atomic mass is 16.6. The lowest BCUT2D eigenvalue weighted by molar-refractivity contribution is -0.171. The van der Waals surface area contributed by atoms with E-state index in [1.807, 2.05) is 6.92 Å². The molecule has 2 N–H and O–H groups in total. The maximum Gasteiger partial charge on any atom is 0.334 e. The fraction of sp³-hybridized carbons (Fsp3) is 0.650. The van der Waals surface area contributed by atoms with Crippen LogP contribution in [0.15, 0.2) is 35.5 Å². The van der Waals surface area contributed by atoms with Gasteiger partial charge in [-0.05, 0) is 59.3 Å². The van der Waals surface area contributed by atoms with E-state index in [9.17, 15) is 15.0 Å². The van der Waals surface area contributed by atoms with Crippen molar-refractivity contribution in [1.29, 1.82) is 0 Å². The maximum atomic E-state index is 12.1. The van der Waals surface area contributed by atoms with Crippen molar-refractivity contribution in [3.63, 3.8) is 0 Å². The second-order valence-corrected chi connectivity index (χ2v) is 7.57. The van der Waals surface area contributed by atoms with Gasteiger partial charge in [-0.15, -0.1) is 0 Å². The van der Waals surface area contributed by atoms with Gasteiger partial charge >= 0.3 is 5.97 Å². The van der Waals surface area contributed by atoms with E-state index in [1.54, 1.807) is 6.92 Å². The van der Waals surface area contributed by atoms with Crippen molar-refractivity contribution >= 4 is 5.97 Å². The lowest BCUT2D eigenvalue weighted by Gasteiger charge is -2.40. The third-order valence-electron chi connectivity index (χ3n) is 5.29. The van der Waals surface area contributed by atoms with Gasteiger partial charge in [-0.1, -0.05) is 29.9 Å². The largest absolute Gasteiger partial charge is 0.456 e. The van der Waals surface area contributed by atoms with Crippen LogP contribution in [0, 0.1) is 5.92 Å². The summed E-state index contributed by atoms with van der Waals surface area (Å²) in [5.74, 6) is -0.873. The first-order valence-corrected chi connectivity index (χ1v) is 8.82. The van der Waals surface area contributed by atoms with Gasteiger partial charge in [0.2, 0.25) is 0 Å². The summed E-state index contributed by atoms with van der Waals surface area (Å²) in [5.41, 5.74) is 1.60. The molecule has 0 amide bonds. The highest BCUT2D eigenvalue weighted by Crippen LogP contribution is 2.36. The second kappa shape index (κ2) is 7.66. The summed E-state index contributed by atoms with van der Waals surface area (Å²) < 4.78 is 5.41. The van der Waals surface area contributed by atoms with E-state index in [0.717, 1.165) is 24.8 Å². The molecule has 0 saturated carbocycles. The molecule has 4 nitrogen and oxygen atoms in total. The van der Waals surface area contributed by atoms with Crippen LogP contribution >= 0.6 is 0 Å². The molecular formula is C20H30O4. The van der Waals surface area contributed by atoms with Gasteiger partial charge in [0.15, 0.2) is 0 Å². The van der Waals surface area contributed by atoms with Crippen LogP contribution in [0.5, 0.6) is 0 Å². The minimum Gasteiger partial charge on any atom is -0.456 e. The first-order valence-electron chi connectivity index (χ1n) is 8.82. The first-order chi connectivity index (χ1) is 11.2. The van der Waals surface area contributed by atoms with Gasteiger partial charge in [0.05, 0.1) is 11.7 Å². The monoisotopic (exact) mass is 334 g/mol. The van der Waals surface area contributed by atoms with Crippen LogP contribution in [0.3, 0.4) is 0 Å². The Bertz CT molecular complexity index is 556. The Labute approximate surface area is 144 Å². The Morgan fingerprint density at radius 1 is 1.25 bits per heavy atom. The van der Waals surface area contributed by atoms with Crippen LogP contribution in [-0.2, 0) is 9.53 Å². The van der Waals surface area contributed by atoms with Crippen LogP contribution in [0.4, 0.5) is 0 Å². The van der Waals surface area contributed by atoms with E-state index >= 15 is 0 Å². The van der Waals surface area contributed by atoms with Gasteiger partial charge in [0.1, 0.15) is 6.10 Å². The number of carbonyl (C=O) groups is 1. The summed E-state index contributed by atoms with van der Waals surface area (Å²) in [6, 6.07) is 0. The number of rotatable bonds is 0. The Morgan fingerprint density at radius 2 is 1.92 bits per heavy atom. The molecule has 0 aromatic heterocycles. The summed E-state index contributed by atoms with van der Waals surface area (Å²) in [5, 5.41) is 21.4. The van der Waals surface area contributed by atoms with Crippen molar-refractivity contribution in [2.45, 2.75) is 77.1 Å². The number of fused-ring (bicyclic) bond motifs is 2. The van der Waals surface area contributed by atoms with Crippen LogP contribution in [0.25, 0.3) is 0 Å². The zero-order valence-corrected chi connectivity index (χ0v) is 15.0. The summed E-state index contributed by atoms with van der Waals surface area (Å²) in [4.78, 5) is 12.1. The van der Waals surface area contributed by atoms with Crippen LogP contribution in [-0.4, -0.2) is 34.0 Å². The van der Waals surface area contributed by atoms with Gasteiger partial charge in [-0.25, -0.2) is 4.79 Å². The summed E-state index contributed by atoms with van der Waals surface area (Å²) >= 11 is 0. The highest BCUT2D eigenvalue weighted by Gasteiger charge is 2.43. The minimum absolute atomic E-state index is 0.310. The molecule has 0 radical (unpaired) electrons. The number of ether oxygens (including phenoxy) is 1. The molecule has 4 atom stereocenters. The molecule has 3 unspecified atom stereocenters. The van der Waals surface area contributed by atoms with Crippen molar-refractivity contribution in [2.75, 3.05) is 0 Å². The molecule has 134 valence electrons. The number of hydrogen-bond donors (Lipinski definition) is 2. The fourth-order valence-electron chi connectivity index (χ4n) is 3.52. The lowest BCUT2D eigenvalue weighted by Crippen LogP contribution is -2.49. The van der Waals surface area contributed by atoms with E-state index in [4.69, 9.17) is 4.74 Å². The summed E-state index contributed by atoms with van der Waals surface area (Å²) in [6.45, 7) is 9.62. The SMILES string of the molecule is C=C1C(=O)OC2CC1C(O)C/C(C)=C/CC/C(C)=C/CC[C@]2(C)O. The molecule has 1 aliphatic heterocycles. The molecule has 0 aromatic carbocycles. The average molecular weight is 334 g/mol. The molecule has 1 heterocycles. The molecule has 1 fully saturated rings.